The molecular formula is C23H36O3. The molecule has 146 valence electrons. The molecule has 0 bridgehead atoms. The van der Waals surface area contributed by atoms with Gasteiger partial charge in [-0.05, 0) is 92.8 Å². The fourth-order valence-electron chi connectivity index (χ4n) is 9.11. The van der Waals surface area contributed by atoms with Crippen molar-refractivity contribution in [2.75, 3.05) is 13.2 Å². The zero-order valence-electron chi connectivity index (χ0n) is 16.8. The molecule has 0 amide bonds. The zero-order chi connectivity index (χ0) is 17.7. The smallest absolute Gasteiger partial charge is 0.169 e. The third-order valence-electron chi connectivity index (χ3n) is 10.4. The summed E-state index contributed by atoms with van der Waals surface area (Å²) >= 11 is 0. The molecule has 2 saturated heterocycles. The number of rotatable bonds is 1. The maximum Gasteiger partial charge on any atom is 0.169 e. The van der Waals surface area contributed by atoms with Crippen molar-refractivity contribution < 1.29 is 14.2 Å². The zero-order valence-corrected chi connectivity index (χ0v) is 16.8. The van der Waals surface area contributed by atoms with Crippen molar-refractivity contribution in [2.45, 2.75) is 90.1 Å². The Bertz CT molecular complexity index is 598. The standard InChI is InChI=1S/C23H36O3/c1-21-9-8-17-15(5-4-14-12-18-19(26-18)13-22(14,17)2)16(21)6-7-20(21)23(3)24-10-11-25-23/h14-20H,4-13H2,1-3H3/t14-,15-,16-,17-,18-,19+,20-,21-,22-/m0/s1. The molecule has 9 atom stereocenters. The first-order valence-corrected chi connectivity index (χ1v) is 11.4. The molecule has 4 aliphatic carbocycles. The minimum atomic E-state index is -0.322. The molecule has 2 heterocycles. The summed E-state index contributed by atoms with van der Waals surface area (Å²) in [6.07, 6.45) is 12.4. The monoisotopic (exact) mass is 360 g/mol. The van der Waals surface area contributed by atoms with Crippen molar-refractivity contribution in [3.05, 3.63) is 0 Å². The van der Waals surface area contributed by atoms with E-state index in [-0.39, 0.29) is 5.79 Å². The SMILES string of the molecule is CC1([C@H]2CC[C@H]3[C@@H]4CC[C@H]5C[C@@H]6O[C@@H]6C[C@]5(C)[C@H]4CC[C@]23C)OCCO1. The van der Waals surface area contributed by atoms with Crippen LogP contribution in [0.25, 0.3) is 0 Å². The van der Waals surface area contributed by atoms with Crippen LogP contribution in [0, 0.1) is 40.4 Å². The summed E-state index contributed by atoms with van der Waals surface area (Å²) in [7, 11) is 0. The van der Waals surface area contributed by atoms with Crippen molar-refractivity contribution in [3.63, 3.8) is 0 Å². The van der Waals surface area contributed by atoms with Gasteiger partial charge in [-0.25, -0.2) is 0 Å². The molecular weight excluding hydrogens is 324 g/mol. The summed E-state index contributed by atoms with van der Waals surface area (Å²) in [5, 5.41) is 0. The van der Waals surface area contributed by atoms with E-state index in [4.69, 9.17) is 14.2 Å². The Hall–Kier alpha value is -0.120. The first-order chi connectivity index (χ1) is 12.4. The van der Waals surface area contributed by atoms with Gasteiger partial charge in [-0.1, -0.05) is 13.8 Å². The Kier molecular flexibility index (Phi) is 3.41. The third-order valence-corrected chi connectivity index (χ3v) is 10.4. The van der Waals surface area contributed by atoms with Gasteiger partial charge in [-0.15, -0.1) is 0 Å². The normalized spacial score (nSPS) is 59.9. The van der Waals surface area contributed by atoms with Gasteiger partial charge in [-0.3, -0.25) is 0 Å². The van der Waals surface area contributed by atoms with Crippen molar-refractivity contribution >= 4 is 0 Å². The molecule has 4 saturated carbocycles. The van der Waals surface area contributed by atoms with Gasteiger partial charge in [0, 0.05) is 5.92 Å². The summed E-state index contributed by atoms with van der Waals surface area (Å²) < 4.78 is 18.3. The molecule has 0 radical (unpaired) electrons. The highest BCUT2D eigenvalue weighted by Gasteiger charge is 2.65. The van der Waals surface area contributed by atoms with Crippen LogP contribution in [0.1, 0.15) is 72.1 Å². The first kappa shape index (κ1) is 16.8. The van der Waals surface area contributed by atoms with Crippen LogP contribution in [0.4, 0.5) is 0 Å². The van der Waals surface area contributed by atoms with E-state index >= 15 is 0 Å². The highest BCUT2D eigenvalue weighted by Crippen LogP contribution is 2.70. The molecule has 6 aliphatic rings. The van der Waals surface area contributed by atoms with Gasteiger partial charge in [0.15, 0.2) is 5.79 Å². The molecule has 0 unspecified atom stereocenters. The molecule has 6 rings (SSSR count). The Labute approximate surface area is 158 Å². The molecule has 0 spiro atoms. The van der Waals surface area contributed by atoms with Crippen LogP contribution in [-0.2, 0) is 14.2 Å². The minimum absolute atomic E-state index is 0.322. The quantitative estimate of drug-likeness (QED) is 0.630. The molecule has 0 aromatic carbocycles. The second kappa shape index (κ2) is 5.27. The van der Waals surface area contributed by atoms with Crippen LogP contribution < -0.4 is 0 Å². The predicted molar refractivity (Wildman–Crippen MR) is 99.6 cm³/mol. The topological polar surface area (TPSA) is 31.0 Å². The molecule has 3 heteroatoms. The third kappa shape index (κ3) is 2.06. The van der Waals surface area contributed by atoms with Crippen LogP contribution in [-0.4, -0.2) is 31.2 Å². The summed E-state index contributed by atoms with van der Waals surface area (Å²) in [6, 6.07) is 0. The van der Waals surface area contributed by atoms with Gasteiger partial charge in [0.1, 0.15) is 0 Å². The Morgan fingerprint density at radius 1 is 0.769 bits per heavy atom. The van der Waals surface area contributed by atoms with E-state index in [0.29, 0.717) is 29.0 Å². The average molecular weight is 361 g/mol. The van der Waals surface area contributed by atoms with E-state index < -0.39 is 0 Å². The lowest BCUT2D eigenvalue weighted by Crippen LogP contribution is -2.55. The van der Waals surface area contributed by atoms with E-state index in [1.165, 1.54) is 51.4 Å². The second-order valence-electron chi connectivity index (χ2n) is 11.2. The summed E-state index contributed by atoms with van der Waals surface area (Å²) in [6.45, 7) is 9.03. The van der Waals surface area contributed by atoms with E-state index in [0.717, 1.165) is 36.9 Å². The molecule has 0 N–H and O–H groups in total. The molecule has 6 fully saturated rings. The van der Waals surface area contributed by atoms with E-state index in [1.54, 1.807) is 0 Å². The van der Waals surface area contributed by atoms with Gasteiger partial charge in [-0.2, -0.15) is 0 Å². The number of ether oxygens (including phenoxy) is 3. The average Bonchev–Trinajstić information content (AvgIpc) is 3.02. The van der Waals surface area contributed by atoms with E-state index in [2.05, 4.69) is 20.8 Å². The summed E-state index contributed by atoms with van der Waals surface area (Å²) in [5.41, 5.74) is 0.959. The highest BCUT2D eigenvalue weighted by molar-refractivity contribution is 5.13. The van der Waals surface area contributed by atoms with Crippen LogP contribution in [0.2, 0.25) is 0 Å². The number of hydrogen-bond acceptors (Lipinski definition) is 3. The van der Waals surface area contributed by atoms with E-state index in [1.807, 2.05) is 0 Å². The number of epoxide rings is 1. The Morgan fingerprint density at radius 2 is 1.54 bits per heavy atom. The van der Waals surface area contributed by atoms with Gasteiger partial charge in [0.2, 0.25) is 0 Å². The Morgan fingerprint density at radius 3 is 2.35 bits per heavy atom. The maximum absolute atomic E-state index is 6.16. The maximum atomic E-state index is 6.16. The second-order valence-corrected chi connectivity index (χ2v) is 11.2. The summed E-state index contributed by atoms with van der Waals surface area (Å²) in [5.74, 6) is 3.93. The lowest BCUT2D eigenvalue weighted by molar-refractivity contribution is -0.217. The van der Waals surface area contributed by atoms with Crippen molar-refractivity contribution in [1.82, 2.24) is 0 Å². The fraction of sp³-hybridized carbons (Fsp3) is 1.00. The van der Waals surface area contributed by atoms with Crippen molar-refractivity contribution in [2.24, 2.45) is 40.4 Å². The van der Waals surface area contributed by atoms with Crippen LogP contribution >= 0.6 is 0 Å². The van der Waals surface area contributed by atoms with E-state index in [9.17, 15) is 0 Å². The van der Waals surface area contributed by atoms with Gasteiger partial charge >= 0.3 is 0 Å². The largest absolute Gasteiger partial charge is 0.370 e. The minimum Gasteiger partial charge on any atom is -0.370 e. The molecule has 0 aromatic heterocycles. The van der Waals surface area contributed by atoms with Crippen molar-refractivity contribution in [1.29, 1.82) is 0 Å². The molecule has 26 heavy (non-hydrogen) atoms. The first-order valence-electron chi connectivity index (χ1n) is 11.4. The summed E-state index contributed by atoms with van der Waals surface area (Å²) in [4.78, 5) is 0. The van der Waals surface area contributed by atoms with Crippen molar-refractivity contribution in [3.8, 4) is 0 Å². The lowest BCUT2D eigenvalue weighted by atomic mass is 9.44. The number of fused-ring (bicyclic) bond motifs is 6. The van der Waals surface area contributed by atoms with Crippen LogP contribution in [0.5, 0.6) is 0 Å². The predicted octanol–water partition coefficient (Wildman–Crippen LogP) is 4.79. The molecule has 2 aliphatic heterocycles. The van der Waals surface area contributed by atoms with Gasteiger partial charge in [0.05, 0.1) is 25.4 Å². The molecule has 3 nitrogen and oxygen atoms in total. The van der Waals surface area contributed by atoms with Crippen LogP contribution in [0.15, 0.2) is 0 Å². The highest BCUT2D eigenvalue weighted by atomic mass is 16.7. The van der Waals surface area contributed by atoms with Crippen LogP contribution in [0.3, 0.4) is 0 Å². The lowest BCUT2D eigenvalue weighted by Gasteiger charge is -2.60. The molecule has 0 aromatic rings. The Balaban J connectivity index is 1.30. The number of hydrogen-bond donors (Lipinski definition) is 0. The van der Waals surface area contributed by atoms with Gasteiger partial charge < -0.3 is 14.2 Å². The van der Waals surface area contributed by atoms with Gasteiger partial charge in [0.25, 0.3) is 0 Å². The fourth-order valence-corrected chi connectivity index (χ4v) is 9.11.